The lowest BCUT2D eigenvalue weighted by atomic mass is 9.93. The Morgan fingerprint density at radius 2 is 1.97 bits per heavy atom. The molecule has 34 heavy (non-hydrogen) atoms. The van der Waals surface area contributed by atoms with Gasteiger partial charge in [0.1, 0.15) is 11.9 Å². The molecule has 0 saturated carbocycles. The minimum absolute atomic E-state index is 0.0285. The van der Waals surface area contributed by atoms with Gasteiger partial charge in [-0.2, -0.15) is 5.26 Å². The normalized spacial score (nSPS) is 18.0. The molecule has 0 aliphatic carbocycles. The SMILES string of the molecule is CC(C)C1CN(c2nc(-c3ccccc3)c3c(c2C#N)CCOC3)CCN1C(=O)c1ccco1. The van der Waals surface area contributed by atoms with E-state index in [1.54, 1.807) is 12.1 Å². The summed E-state index contributed by atoms with van der Waals surface area (Å²) in [5.41, 5.74) is 4.56. The Balaban J connectivity index is 1.55. The summed E-state index contributed by atoms with van der Waals surface area (Å²) < 4.78 is 11.1. The number of anilines is 1. The Labute approximate surface area is 199 Å². The fourth-order valence-corrected chi connectivity index (χ4v) is 4.99. The summed E-state index contributed by atoms with van der Waals surface area (Å²) in [7, 11) is 0. The first-order valence-electron chi connectivity index (χ1n) is 11.8. The number of fused-ring (bicyclic) bond motifs is 1. The number of pyridine rings is 1. The van der Waals surface area contributed by atoms with Gasteiger partial charge in [0.25, 0.3) is 5.91 Å². The summed E-state index contributed by atoms with van der Waals surface area (Å²) >= 11 is 0. The number of carbonyl (C=O) groups excluding carboxylic acids is 1. The van der Waals surface area contributed by atoms with Crippen LogP contribution in [0.4, 0.5) is 5.82 Å². The smallest absolute Gasteiger partial charge is 0.289 e. The van der Waals surface area contributed by atoms with Gasteiger partial charge in [-0.15, -0.1) is 0 Å². The average Bonchev–Trinajstić information content (AvgIpc) is 3.42. The molecule has 4 heterocycles. The zero-order chi connectivity index (χ0) is 23.7. The van der Waals surface area contributed by atoms with Gasteiger partial charge in [-0.25, -0.2) is 4.98 Å². The highest BCUT2D eigenvalue weighted by Gasteiger charge is 2.36. The third kappa shape index (κ3) is 3.95. The first-order valence-corrected chi connectivity index (χ1v) is 11.8. The quantitative estimate of drug-likeness (QED) is 0.583. The Hall–Kier alpha value is -3.63. The molecule has 1 aromatic carbocycles. The first-order chi connectivity index (χ1) is 16.6. The molecule has 0 radical (unpaired) electrons. The Kier molecular flexibility index (Phi) is 6.08. The molecule has 2 aliphatic heterocycles. The van der Waals surface area contributed by atoms with Crippen molar-refractivity contribution in [2.45, 2.75) is 32.9 Å². The lowest BCUT2D eigenvalue weighted by molar-refractivity contribution is 0.0567. The number of nitriles is 1. The number of piperazine rings is 1. The average molecular weight is 457 g/mol. The lowest BCUT2D eigenvalue weighted by Crippen LogP contribution is -2.57. The molecule has 0 spiro atoms. The number of rotatable bonds is 4. The van der Waals surface area contributed by atoms with Crippen molar-refractivity contribution >= 4 is 11.7 Å². The van der Waals surface area contributed by atoms with Gasteiger partial charge in [0.05, 0.1) is 36.8 Å². The van der Waals surface area contributed by atoms with E-state index in [1.807, 2.05) is 35.2 Å². The van der Waals surface area contributed by atoms with Crippen LogP contribution in [0.5, 0.6) is 0 Å². The van der Waals surface area contributed by atoms with E-state index in [2.05, 4.69) is 24.8 Å². The summed E-state index contributed by atoms with van der Waals surface area (Å²) in [6.45, 7) is 7.04. The second kappa shape index (κ2) is 9.32. The van der Waals surface area contributed by atoms with Crippen molar-refractivity contribution in [1.29, 1.82) is 5.26 Å². The number of hydrogen-bond donors (Lipinski definition) is 0. The van der Waals surface area contributed by atoms with E-state index in [1.165, 1.54) is 6.26 Å². The molecule has 1 saturated heterocycles. The molecule has 1 fully saturated rings. The maximum Gasteiger partial charge on any atom is 0.289 e. The standard InChI is InChI=1S/C27H28N4O3/c1-18(2)23-16-30(11-12-31(23)27(32)24-9-6-13-34-24)26-21(15-28)20-10-14-33-17-22(20)25(29-26)19-7-4-3-5-8-19/h3-9,13,18,23H,10-12,14,16-17H2,1-2H3. The van der Waals surface area contributed by atoms with E-state index in [0.717, 1.165) is 22.4 Å². The van der Waals surface area contributed by atoms with Crippen molar-refractivity contribution in [3.8, 4) is 17.3 Å². The second-order valence-electron chi connectivity index (χ2n) is 9.13. The van der Waals surface area contributed by atoms with E-state index in [-0.39, 0.29) is 17.9 Å². The molecule has 1 atom stereocenters. The molecule has 1 amide bonds. The highest BCUT2D eigenvalue weighted by Crippen LogP contribution is 2.36. The van der Waals surface area contributed by atoms with Gasteiger partial charge < -0.3 is 19.0 Å². The maximum absolute atomic E-state index is 13.1. The fourth-order valence-electron chi connectivity index (χ4n) is 4.99. The van der Waals surface area contributed by atoms with Gasteiger partial charge in [0, 0.05) is 30.8 Å². The zero-order valence-corrected chi connectivity index (χ0v) is 19.5. The minimum atomic E-state index is -0.0932. The number of benzene rings is 1. The Morgan fingerprint density at radius 1 is 1.15 bits per heavy atom. The molecule has 174 valence electrons. The van der Waals surface area contributed by atoms with Gasteiger partial charge >= 0.3 is 0 Å². The number of nitrogens with zero attached hydrogens (tertiary/aromatic N) is 4. The van der Waals surface area contributed by atoms with E-state index >= 15 is 0 Å². The van der Waals surface area contributed by atoms with Crippen molar-refractivity contribution in [3.05, 3.63) is 71.2 Å². The highest BCUT2D eigenvalue weighted by molar-refractivity contribution is 5.92. The summed E-state index contributed by atoms with van der Waals surface area (Å²) in [4.78, 5) is 22.2. The highest BCUT2D eigenvalue weighted by atomic mass is 16.5. The van der Waals surface area contributed by atoms with Gasteiger partial charge in [-0.3, -0.25) is 4.79 Å². The minimum Gasteiger partial charge on any atom is -0.459 e. The number of furan rings is 1. The number of amides is 1. The van der Waals surface area contributed by atoms with Crippen molar-refractivity contribution in [2.75, 3.05) is 31.1 Å². The van der Waals surface area contributed by atoms with Crippen LogP contribution in [-0.2, 0) is 17.8 Å². The van der Waals surface area contributed by atoms with Crippen LogP contribution in [0.15, 0.2) is 53.1 Å². The van der Waals surface area contributed by atoms with Crippen LogP contribution in [0.3, 0.4) is 0 Å². The summed E-state index contributed by atoms with van der Waals surface area (Å²) in [5.74, 6) is 1.20. The van der Waals surface area contributed by atoms with Crippen LogP contribution >= 0.6 is 0 Å². The van der Waals surface area contributed by atoms with Crippen LogP contribution in [-0.4, -0.2) is 48.1 Å². The molecule has 7 nitrogen and oxygen atoms in total. The predicted molar refractivity (Wildman–Crippen MR) is 128 cm³/mol. The molecule has 3 aromatic rings. The predicted octanol–water partition coefficient (Wildman–Crippen LogP) is 4.27. The van der Waals surface area contributed by atoms with E-state index in [9.17, 15) is 10.1 Å². The Bertz CT molecular complexity index is 1210. The fraction of sp³-hybridized carbons (Fsp3) is 0.370. The van der Waals surface area contributed by atoms with Gasteiger partial charge in [-0.1, -0.05) is 44.2 Å². The molecular weight excluding hydrogens is 428 g/mol. The summed E-state index contributed by atoms with van der Waals surface area (Å²) in [5, 5.41) is 10.2. The summed E-state index contributed by atoms with van der Waals surface area (Å²) in [6, 6.07) is 15.9. The zero-order valence-electron chi connectivity index (χ0n) is 19.5. The third-order valence-electron chi connectivity index (χ3n) is 6.78. The number of aromatic nitrogens is 1. The van der Waals surface area contributed by atoms with Crippen molar-refractivity contribution in [3.63, 3.8) is 0 Å². The molecule has 7 heteroatoms. The number of ether oxygens (including phenoxy) is 1. The van der Waals surface area contributed by atoms with E-state index in [4.69, 9.17) is 14.1 Å². The van der Waals surface area contributed by atoms with Gasteiger partial charge in [0.15, 0.2) is 5.76 Å². The van der Waals surface area contributed by atoms with Crippen LogP contribution in [0.25, 0.3) is 11.3 Å². The number of carbonyl (C=O) groups is 1. The molecule has 0 bridgehead atoms. The molecule has 0 N–H and O–H groups in total. The molecular formula is C27H28N4O3. The largest absolute Gasteiger partial charge is 0.459 e. The van der Waals surface area contributed by atoms with Crippen LogP contribution in [0.1, 0.15) is 41.1 Å². The second-order valence-corrected chi connectivity index (χ2v) is 9.13. The first kappa shape index (κ1) is 22.2. The van der Waals surface area contributed by atoms with Crippen LogP contribution in [0.2, 0.25) is 0 Å². The molecule has 5 rings (SSSR count). The monoisotopic (exact) mass is 456 g/mol. The van der Waals surface area contributed by atoms with Crippen LogP contribution < -0.4 is 4.90 Å². The molecule has 1 unspecified atom stereocenters. The topological polar surface area (TPSA) is 82.6 Å². The molecule has 2 aromatic heterocycles. The number of hydrogen-bond acceptors (Lipinski definition) is 6. The van der Waals surface area contributed by atoms with E-state index < -0.39 is 0 Å². The van der Waals surface area contributed by atoms with Crippen molar-refractivity contribution in [1.82, 2.24) is 9.88 Å². The lowest BCUT2D eigenvalue weighted by Gasteiger charge is -2.44. The summed E-state index contributed by atoms with van der Waals surface area (Å²) in [6.07, 6.45) is 2.22. The van der Waals surface area contributed by atoms with E-state index in [0.29, 0.717) is 56.4 Å². The Morgan fingerprint density at radius 3 is 2.68 bits per heavy atom. The third-order valence-corrected chi connectivity index (χ3v) is 6.78. The van der Waals surface area contributed by atoms with Crippen LogP contribution in [0, 0.1) is 17.2 Å². The maximum atomic E-state index is 13.1. The molecule has 2 aliphatic rings. The van der Waals surface area contributed by atoms with Gasteiger partial charge in [-0.05, 0) is 30.0 Å². The van der Waals surface area contributed by atoms with Gasteiger partial charge in [0.2, 0.25) is 0 Å². The van der Waals surface area contributed by atoms with Crippen molar-refractivity contribution < 1.29 is 13.9 Å². The van der Waals surface area contributed by atoms with Crippen molar-refractivity contribution in [2.24, 2.45) is 5.92 Å².